The van der Waals surface area contributed by atoms with Gasteiger partial charge < -0.3 is 0 Å². The smallest absolute Gasteiger partial charge is 0.244 e. The molecular formula is C15H17BrN4O3S. The summed E-state index contributed by atoms with van der Waals surface area (Å²) in [6, 6.07) is 6.44. The van der Waals surface area contributed by atoms with E-state index in [0.717, 1.165) is 8.78 Å². The predicted octanol–water partition coefficient (Wildman–Crippen LogP) is 1.91. The molecule has 0 radical (unpaired) electrons. The van der Waals surface area contributed by atoms with Crippen LogP contribution in [0.1, 0.15) is 6.92 Å². The molecule has 0 saturated heterocycles. The number of likely N-dealkylation sites (N-methyl/N-ethyl adjacent to an activating group) is 2. The van der Waals surface area contributed by atoms with Crippen LogP contribution in [0.5, 0.6) is 0 Å². The van der Waals surface area contributed by atoms with Gasteiger partial charge in [0.1, 0.15) is 10.7 Å². The molecule has 1 amide bonds. The highest BCUT2D eigenvalue weighted by atomic mass is 79.9. The van der Waals surface area contributed by atoms with E-state index >= 15 is 0 Å². The van der Waals surface area contributed by atoms with E-state index < -0.39 is 10.0 Å². The molecule has 9 heteroatoms. The number of pyridine rings is 2. The number of anilines is 1. The lowest BCUT2D eigenvalue weighted by Gasteiger charge is -2.23. The van der Waals surface area contributed by atoms with Crippen molar-refractivity contribution in [2.24, 2.45) is 0 Å². The van der Waals surface area contributed by atoms with Crippen molar-refractivity contribution in [3.63, 3.8) is 0 Å². The van der Waals surface area contributed by atoms with E-state index in [1.807, 2.05) is 0 Å². The molecule has 0 fully saturated rings. The topological polar surface area (TPSA) is 83.5 Å². The number of hydrogen-bond donors (Lipinski definition) is 0. The molecule has 0 aromatic carbocycles. The Morgan fingerprint density at radius 1 is 1.25 bits per heavy atom. The van der Waals surface area contributed by atoms with Gasteiger partial charge in [-0.3, -0.25) is 14.7 Å². The molecule has 24 heavy (non-hydrogen) atoms. The largest absolute Gasteiger partial charge is 0.296 e. The van der Waals surface area contributed by atoms with Crippen LogP contribution < -0.4 is 4.90 Å². The van der Waals surface area contributed by atoms with Crippen LogP contribution in [0, 0.1) is 0 Å². The Morgan fingerprint density at radius 3 is 2.54 bits per heavy atom. The number of sulfonamides is 1. The number of rotatable bonds is 6. The van der Waals surface area contributed by atoms with Gasteiger partial charge in [0.2, 0.25) is 15.9 Å². The highest BCUT2D eigenvalue weighted by molar-refractivity contribution is 9.10. The first-order valence-corrected chi connectivity index (χ1v) is 9.38. The van der Waals surface area contributed by atoms with Gasteiger partial charge in [0.25, 0.3) is 0 Å². The minimum atomic E-state index is -3.77. The fourth-order valence-corrected chi connectivity index (χ4v) is 3.35. The van der Waals surface area contributed by atoms with Crippen LogP contribution in [0.4, 0.5) is 5.82 Å². The van der Waals surface area contributed by atoms with Crippen molar-refractivity contribution in [3.8, 4) is 0 Å². The second-order valence-electron chi connectivity index (χ2n) is 4.92. The Morgan fingerprint density at radius 2 is 2.00 bits per heavy atom. The van der Waals surface area contributed by atoms with E-state index in [-0.39, 0.29) is 17.3 Å². The SMILES string of the molecule is CCN(C(=O)CN(C)S(=O)(=O)c1cccnc1)c1ccc(Br)cn1. The van der Waals surface area contributed by atoms with Crippen molar-refractivity contribution < 1.29 is 13.2 Å². The van der Waals surface area contributed by atoms with Crippen LogP contribution in [0.15, 0.2) is 52.2 Å². The summed E-state index contributed by atoms with van der Waals surface area (Å²) in [6.07, 6.45) is 4.33. The molecule has 0 saturated carbocycles. The molecule has 0 unspecified atom stereocenters. The standard InChI is InChI=1S/C15H17BrN4O3S/c1-3-20(14-7-6-12(16)9-18-14)15(21)11-19(2)24(22,23)13-5-4-8-17-10-13/h4-10H,3,11H2,1-2H3. The van der Waals surface area contributed by atoms with E-state index in [2.05, 4.69) is 25.9 Å². The Kier molecular flexibility index (Phi) is 6.03. The van der Waals surface area contributed by atoms with Crippen LogP contribution in [0.2, 0.25) is 0 Å². The molecule has 0 N–H and O–H groups in total. The van der Waals surface area contributed by atoms with Crippen LogP contribution >= 0.6 is 15.9 Å². The maximum absolute atomic E-state index is 12.5. The van der Waals surface area contributed by atoms with Gasteiger partial charge in [0, 0.05) is 36.7 Å². The number of carbonyl (C=O) groups is 1. The first-order valence-electron chi connectivity index (χ1n) is 7.14. The van der Waals surface area contributed by atoms with Gasteiger partial charge in [0.15, 0.2) is 0 Å². The summed E-state index contributed by atoms with van der Waals surface area (Å²) in [7, 11) is -2.41. The maximum atomic E-state index is 12.5. The van der Waals surface area contributed by atoms with Crippen molar-refractivity contribution in [1.29, 1.82) is 0 Å². The second kappa shape index (κ2) is 7.82. The molecule has 2 heterocycles. The fraction of sp³-hybridized carbons (Fsp3) is 0.267. The third kappa shape index (κ3) is 4.16. The summed E-state index contributed by atoms with van der Waals surface area (Å²) < 4.78 is 26.7. The van der Waals surface area contributed by atoms with Crippen molar-refractivity contribution in [2.45, 2.75) is 11.8 Å². The van der Waals surface area contributed by atoms with Gasteiger partial charge in [-0.15, -0.1) is 0 Å². The van der Waals surface area contributed by atoms with Crippen molar-refractivity contribution >= 4 is 37.7 Å². The molecule has 2 rings (SSSR count). The maximum Gasteiger partial charge on any atom is 0.244 e. The Bertz CT molecular complexity index is 797. The third-order valence-electron chi connectivity index (χ3n) is 3.31. The monoisotopic (exact) mass is 412 g/mol. The Labute approximate surface area is 149 Å². The van der Waals surface area contributed by atoms with E-state index in [9.17, 15) is 13.2 Å². The van der Waals surface area contributed by atoms with E-state index in [0.29, 0.717) is 12.4 Å². The van der Waals surface area contributed by atoms with E-state index in [1.165, 1.54) is 36.5 Å². The number of amides is 1. The average molecular weight is 413 g/mol. The molecule has 2 aromatic rings. The van der Waals surface area contributed by atoms with Crippen LogP contribution in [-0.4, -0.2) is 48.7 Å². The Balaban J connectivity index is 2.16. The number of aromatic nitrogens is 2. The highest BCUT2D eigenvalue weighted by Gasteiger charge is 2.25. The summed E-state index contributed by atoms with van der Waals surface area (Å²) >= 11 is 3.29. The number of halogens is 1. The zero-order valence-electron chi connectivity index (χ0n) is 13.3. The lowest BCUT2D eigenvalue weighted by atomic mass is 10.4. The molecule has 128 valence electrons. The second-order valence-corrected chi connectivity index (χ2v) is 7.88. The molecule has 0 atom stereocenters. The fourth-order valence-electron chi connectivity index (χ4n) is 2.03. The molecule has 0 bridgehead atoms. The first-order chi connectivity index (χ1) is 11.4. The van der Waals surface area contributed by atoms with Gasteiger partial charge in [0.05, 0.1) is 6.54 Å². The predicted molar refractivity (Wildman–Crippen MR) is 94.0 cm³/mol. The van der Waals surface area contributed by atoms with Crippen molar-refractivity contribution in [1.82, 2.24) is 14.3 Å². The Hall–Kier alpha value is -1.84. The van der Waals surface area contributed by atoms with Crippen molar-refractivity contribution in [3.05, 3.63) is 47.3 Å². The molecule has 0 spiro atoms. The summed E-state index contributed by atoms with van der Waals surface area (Å²) in [5, 5.41) is 0. The highest BCUT2D eigenvalue weighted by Crippen LogP contribution is 2.17. The number of nitrogens with zero attached hydrogens (tertiary/aromatic N) is 4. The van der Waals surface area contributed by atoms with Crippen molar-refractivity contribution in [2.75, 3.05) is 25.0 Å². The van der Waals surface area contributed by atoms with Gasteiger partial charge in [-0.25, -0.2) is 13.4 Å². The zero-order valence-corrected chi connectivity index (χ0v) is 15.7. The van der Waals surface area contributed by atoms with Crippen LogP contribution in [-0.2, 0) is 14.8 Å². The summed E-state index contributed by atoms with van der Waals surface area (Å²) in [6.45, 7) is 1.90. The van der Waals surface area contributed by atoms with Gasteiger partial charge in [-0.05, 0) is 47.1 Å². The molecule has 7 nitrogen and oxygen atoms in total. The zero-order chi connectivity index (χ0) is 17.7. The number of carbonyl (C=O) groups excluding carboxylic acids is 1. The van der Waals surface area contributed by atoms with Gasteiger partial charge in [-0.2, -0.15) is 4.31 Å². The summed E-state index contributed by atoms with van der Waals surface area (Å²) in [4.78, 5) is 22.0. The first kappa shape index (κ1) is 18.5. The lowest BCUT2D eigenvalue weighted by Crippen LogP contribution is -2.41. The molecular weight excluding hydrogens is 396 g/mol. The minimum Gasteiger partial charge on any atom is -0.296 e. The number of hydrogen-bond acceptors (Lipinski definition) is 5. The molecule has 0 aliphatic rings. The third-order valence-corrected chi connectivity index (χ3v) is 5.56. The molecule has 0 aliphatic carbocycles. The van der Waals surface area contributed by atoms with Crippen LogP contribution in [0.25, 0.3) is 0 Å². The lowest BCUT2D eigenvalue weighted by molar-refractivity contribution is -0.118. The minimum absolute atomic E-state index is 0.0464. The normalized spacial score (nSPS) is 11.5. The molecule has 0 aliphatic heterocycles. The van der Waals surface area contributed by atoms with Gasteiger partial charge >= 0.3 is 0 Å². The summed E-state index contributed by atoms with van der Waals surface area (Å²) in [5.74, 6) is 0.111. The summed E-state index contributed by atoms with van der Waals surface area (Å²) in [5.41, 5.74) is 0. The quantitative estimate of drug-likeness (QED) is 0.723. The van der Waals surface area contributed by atoms with E-state index in [4.69, 9.17) is 0 Å². The van der Waals surface area contributed by atoms with Crippen LogP contribution in [0.3, 0.4) is 0 Å². The van der Waals surface area contributed by atoms with Gasteiger partial charge in [-0.1, -0.05) is 0 Å². The average Bonchev–Trinajstić information content (AvgIpc) is 2.58. The molecule has 2 aromatic heterocycles. The van der Waals surface area contributed by atoms with E-state index in [1.54, 1.807) is 25.3 Å².